The van der Waals surface area contributed by atoms with Gasteiger partial charge < -0.3 is 15.4 Å². The van der Waals surface area contributed by atoms with E-state index in [1.54, 1.807) is 31.2 Å². The van der Waals surface area contributed by atoms with Crippen LogP contribution in [0.3, 0.4) is 0 Å². The lowest BCUT2D eigenvalue weighted by Gasteiger charge is -2.08. The van der Waals surface area contributed by atoms with Crippen molar-refractivity contribution in [3.05, 3.63) is 58.2 Å². The van der Waals surface area contributed by atoms with Crippen LogP contribution in [0.15, 0.2) is 47.1 Å². The molecule has 2 rings (SSSR count). The van der Waals surface area contributed by atoms with Gasteiger partial charge in [0.25, 0.3) is 5.91 Å². The fourth-order valence-electron chi connectivity index (χ4n) is 2.04. The average Bonchev–Trinajstić information content (AvgIpc) is 2.62. The number of hydrogen-bond acceptors (Lipinski definition) is 5. The molecule has 1 aromatic heterocycles. The van der Waals surface area contributed by atoms with E-state index in [4.69, 9.17) is 4.74 Å². The minimum absolute atomic E-state index is 0.0931. The Morgan fingerprint density at radius 3 is 2.44 bits per heavy atom. The molecule has 132 valence electrons. The molecule has 1 amide bonds. The van der Waals surface area contributed by atoms with E-state index < -0.39 is 0 Å². The van der Waals surface area contributed by atoms with Crippen molar-refractivity contribution in [2.24, 2.45) is 0 Å². The van der Waals surface area contributed by atoms with Crippen molar-refractivity contribution in [2.45, 2.75) is 13.3 Å². The number of aromatic nitrogens is 1. The molecule has 0 bridgehead atoms. The number of benzene rings is 1. The first-order valence-electron chi connectivity index (χ1n) is 8.01. The maximum Gasteiger partial charge on any atom is 0.339 e. The minimum Gasteiger partial charge on any atom is -0.462 e. The number of anilines is 1. The highest BCUT2D eigenvalue weighted by Crippen LogP contribution is 2.10. The van der Waals surface area contributed by atoms with E-state index in [0.29, 0.717) is 36.6 Å². The first-order valence-corrected chi connectivity index (χ1v) is 8.80. The molecule has 2 aromatic rings. The van der Waals surface area contributed by atoms with E-state index >= 15 is 0 Å². The molecule has 0 unspecified atom stereocenters. The van der Waals surface area contributed by atoms with Gasteiger partial charge in [-0.05, 0) is 49.7 Å². The van der Waals surface area contributed by atoms with E-state index in [9.17, 15) is 9.59 Å². The summed E-state index contributed by atoms with van der Waals surface area (Å²) in [5.41, 5.74) is 1.06. The largest absolute Gasteiger partial charge is 0.462 e. The van der Waals surface area contributed by atoms with Crippen LogP contribution in [-0.2, 0) is 4.74 Å². The molecule has 0 spiro atoms. The van der Waals surface area contributed by atoms with Crippen LogP contribution in [-0.4, -0.2) is 36.6 Å². The topological polar surface area (TPSA) is 80.3 Å². The molecule has 7 heteroatoms. The molecule has 25 heavy (non-hydrogen) atoms. The number of carbonyl (C=O) groups is 2. The van der Waals surface area contributed by atoms with Gasteiger partial charge in [-0.25, -0.2) is 9.78 Å². The van der Waals surface area contributed by atoms with Crippen molar-refractivity contribution < 1.29 is 14.3 Å². The third kappa shape index (κ3) is 6.19. The van der Waals surface area contributed by atoms with Crippen LogP contribution in [0, 0.1) is 0 Å². The Hall–Kier alpha value is -2.41. The molecule has 0 saturated heterocycles. The van der Waals surface area contributed by atoms with Gasteiger partial charge in [0, 0.05) is 29.3 Å². The van der Waals surface area contributed by atoms with Gasteiger partial charge >= 0.3 is 5.97 Å². The summed E-state index contributed by atoms with van der Waals surface area (Å²) in [6.07, 6.45) is 2.24. The van der Waals surface area contributed by atoms with E-state index in [1.165, 1.54) is 6.20 Å². The molecule has 1 aromatic carbocycles. The number of nitrogens with one attached hydrogen (secondary N) is 2. The fraction of sp³-hybridized carbons (Fsp3) is 0.278. The Balaban J connectivity index is 1.68. The summed E-state index contributed by atoms with van der Waals surface area (Å²) in [6, 6.07) is 10.6. The van der Waals surface area contributed by atoms with Gasteiger partial charge in [-0.2, -0.15) is 0 Å². The zero-order chi connectivity index (χ0) is 18.1. The number of hydrogen-bond donors (Lipinski definition) is 2. The normalized spacial score (nSPS) is 10.2. The van der Waals surface area contributed by atoms with Gasteiger partial charge in [0.2, 0.25) is 0 Å². The van der Waals surface area contributed by atoms with E-state index in [2.05, 4.69) is 31.5 Å². The number of ether oxygens (including phenoxy) is 1. The Morgan fingerprint density at radius 2 is 1.80 bits per heavy atom. The molecule has 0 aliphatic heterocycles. The summed E-state index contributed by atoms with van der Waals surface area (Å²) in [6.45, 7) is 3.32. The summed E-state index contributed by atoms with van der Waals surface area (Å²) >= 11 is 3.34. The second kappa shape index (κ2) is 9.78. The highest BCUT2D eigenvalue weighted by molar-refractivity contribution is 9.10. The van der Waals surface area contributed by atoms with Gasteiger partial charge in [-0.15, -0.1) is 0 Å². The lowest BCUT2D eigenvalue weighted by Crippen LogP contribution is -2.25. The third-order valence-corrected chi connectivity index (χ3v) is 3.85. The van der Waals surface area contributed by atoms with E-state index in [1.807, 2.05) is 12.1 Å². The highest BCUT2D eigenvalue weighted by atomic mass is 79.9. The first-order chi connectivity index (χ1) is 12.1. The van der Waals surface area contributed by atoms with E-state index in [0.717, 1.165) is 10.9 Å². The van der Waals surface area contributed by atoms with Crippen molar-refractivity contribution in [3.63, 3.8) is 0 Å². The second-order valence-corrected chi connectivity index (χ2v) is 6.11. The number of carbonyl (C=O) groups excluding carboxylic acids is 2. The first kappa shape index (κ1) is 18.9. The van der Waals surface area contributed by atoms with Gasteiger partial charge in [0.1, 0.15) is 5.82 Å². The monoisotopic (exact) mass is 405 g/mol. The zero-order valence-corrected chi connectivity index (χ0v) is 15.5. The third-order valence-electron chi connectivity index (χ3n) is 3.33. The molecule has 6 nitrogen and oxygen atoms in total. The lowest BCUT2D eigenvalue weighted by atomic mass is 10.2. The zero-order valence-electron chi connectivity index (χ0n) is 13.9. The predicted octanol–water partition coefficient (Wildman–Crippen LogP) is 3.25. The standard InChI is InChI=1S/C18H20BrN3O3/c1-2-25-18(24)14-6-9-16(22-12-14)20-10-3-11-21-17(23)13-4-7-15(19)8-5-13/h4-9,12H,2-3,10-11H2,1H3,(H,20,22)(H,21,23). The molecule has 1 heterocycles. The van der Waals surface area contributed by atoms with Crippen molar-refractivity contribution in [2.75, 3.05) is 25.0 Å². The number of amides is 1. The van der Waals surface area contributed by atoms with Gasteiger partial charge in [-0.3, -0.25) is 4.79 Å². The number of pyridine rings is 1. The number of esters is 1. The minimum atomic E-state index is -0.378. The molecule has 0 radical (unpaired) electrons. The molecule has 0 saturated carbocycles. The lowest BCUT2D eigenvalue weighted by molar-refractivity contribution is 0.0526. The van der Waals surface area contributed by atoms with Crippen LogP contribution in [0.1, 0.15) is 34.1 Å². The second-order valence-electron chi connectivity index (χ2n) is 5.20. The van der Waals surface area contributed by atoms with Gasteiger partial charge in [-0.1, -0.05) is 15.9 Å². The summed E-state index contributed by atoms with van der Waals surface area (Å²) in [5, 5.41) is 6.01. The van der Waals surface area contributed by atoms with Gasteiger partial charge in [0.05, 0.1) is 12.2 Å². The van der Waals surface area contributed by atoms with Crippen molar-refractivity contribution in [3.8, 4) is 0 Å². The van der Waals surface area contributed by atoms with Crippen LogP contribution in [0.2, 0.25) is 0 Å². The number of nitrogens with zero attached hydrogens (tertiary/aromatic N) is 1. The van der Waals surface area contributed by atoms with Crippen molar-refractivity contribution in [1.29, 1.82) is 0 Å². The number of rotatable bonds is 8. The molecule has 0 atom stereocenters. The van der Waals surface area contributed by atoms with Gasteiger partial charge in [0.15, 0.2) is 0 Å². The SMILES string of the molecule is CCOC(=O)c1ccc(NCCCNC(=O)c2ccc(Br)cc2)nc1. The molecular formula is C18H20BrN3O3. The Morgan fingerprint density at radius 1 is 1.08 bits per heavy atom. The van der Waals surface area contributed by atoms with Crippen LogP contribution in [0.25, 0.3) is 0 Å². The number of halogens is 1. The summed E-state index contributed by atoms with van der Waals surface area (Å²) in [4.78, 5) is 27.6. The average molecular weight is 406 g/mol. The maximum atomic E-state index is 11.9. The van der Waals surface area contributed by atoms with Crippen LogP contribution < -0.4 is 10.6 Å². The molecule has 0 aliphatic carbocycles. The summed E-state index contributed by atoms with van der Waals surface area (Å²) < 4.78 is 5.84. The predicted molar refractivity (Wildman–Crippen MR) is 99.8 cm³/mol. The van der Waals surface area contributed by atoms with Crippen LogP contribution in [0.4, 0.5) is 5.82 Å². The molecular weight excluding hydrogens is 386 g/mol. The molecule has 0 fully saturated rings. The quantitative estimate of drug-likeness (QED) is 0.520. The van der Waals surface area contributed by atoms with Crippen LogP contribution in [0.5, 0.6) is 0 Å². The Bertz CT molecular complexity index is 703. The van der Waals surface area contributed by atoms with E-state index in [-0.39, 0.29) is 11.9 Å². The van der Waals surface area contributed by atoms with Crippen molar-refractivity contribution >= 4 is 33.6 Å². The highest BCUT2D eigenvalue weighted by Gasteiger charge is 2.06. The Kier molecular flexibility index (Phi) is 7.40. The van der Waals surface area contributed by atoms with Crippen LogP contribution >= 0.6 is 15.9 Å². The fourth-order valence-corrected chi connectivity index (χ4v) is 2.31. The summed E-state index contributed by atoms with van der Waals surface area (Å²) in [5.74, 6) is 0.203. The molecule has 2 N–H and O–H groups in total. The Labute approximate surface area is 155 Å². The van der Waals surface area contributed by atoms with Crippen molar-refractivity contribution in [1.82, 2.24) is 10.3 Å². The maximum absolute atomic E-state index is 11.9. The smallest absolute Gasteiger partial charge is 0.339 e. The summed E-state index contributed by atoms with van der Waals surface area (Å²) in [7, 11) is 0. The molecule has 0 aliphatic rings.